The van der Waals surface area contributed by atoms with E-state index in [9.17, 15) is 9.90 Å². The van der Waals surface area contributed by atoms with Gasteiger partial charge in [0, 0.05) is 13.2 Å². The largest absolute Gasteiger partial charge is 0.394 e. The van der Waals surface area contributed by atoms with Crippen LogP contribution in [0.2, 0.25) is 0 Å². The predicted octanol–water partition coefficient (Wildman–Crippen LogP) is -0.339. The summed E-state index contributed by atoms with van der Waals surface area (Å²) in [6.07, 6.45) is 0.602. The van der Waals surface area contributed by atoms with E-state index in [1.807, 2.05) is 6.92 Å². The van der Waals surface area contributed by atoms with Gasteiger partial charge in [0.2, 0.25) is 5.91 Å². The number of rotatable bonds is 4. The van der Waals surface area contributed by atoms with E-state index >= 15 is 0 Å². The normalized spacial score (nSPS) is 23.5. The van der Waals surface area contributed by atoms with Gasteiger partial charge in [-0.2, -0.15) is 0 Å². The van der Waals surface area contributed by atoms with Crippen molar-refractivity contribution >= 4 is 5.91 Å². The first kappa shape index (κ1) is 13.4. The van der Waals surface area contributed by atoms with Crippen molar-refractivity contribution in [2.75, 3.05) is 19.8 Å². The molecule has 1 heterocycles. The van der Waals surface area contributed by atoms with E-state index in [-0.39, 0.29) is 12.5 Å². The standard InChI is InChI=1S/C11H21NO4/c1-8(14)9(7-13)12-10(15)11(2)3-5-16-6-4-11/h8-9,13-14H,3-7H2,1-2H3,(H,12,15)/t8-,9-/m1/s1. The molecule has 1 saturated heterocycles. The third kappa shape index (κ3) is 3.17. The zero-order valence-corrected chi connectivity index (χ0v) is 9.90. The van der Waals surface area contributed by atoms with Gasteiger partial charge < -0.3 is 20.3 Å². The van der Waals surface area contributed by atoms with Crippen LogP contribution in [0.5, 0.6) is 0 Å². The Morgan fingerprint density at radius 2 is 2.06 bits per heavy atom. The molecule has 0 aliphatic carbocycles. The first-order valence-electron chi connectivity index (χ1n) is 5.67. The number of aliphatic hydroxyl groups excluding tert-OH is 2. The Bertz CT molecular complexity index is 236. The monoisotopic (exact) mass is 231 g/mol. The van der Waals surface area contributed by atoms with Crippen LogP contribution in [0.1, 0.15) is 26.7 Å². The summed E-state index contributed by atoms with van der Waals surface area (Å²) in [6.45, 7) is 4.36. The van der Waals surface area contributed by atoms with Crippen molar-refractivity contribution in [2.45, 2.75) is 38.8 Å². The Morgan fingerprint density at radius 3 is 2.50 bits per heavy atom. The Kier molecular flexibility index (Phi) is 4.70. The first-order valence-corrected chi connectivity index (χ1v) is 5.67. The summed E-state index contributed by atoms with van der Waals surface area (Å²) in [5.41, 5.74) is -0.444. The number of hydrogen-bond donors (Lipinski definition) is 3. The molecule has 16 heavy (non-hydrogen) atoms. The van der Waals surface area contributed by atoms with Crippen molar-refractivity contribution in [1.82, 2.24) is 5.32 Å². The average molecular weight is 231 g/mol. The SMILES string of the molecule is C[C@@H](O)[C@@H](CO)NC(=O)C1(C)CCOCC1. The number of amides is 1. The summed E-state index contributed by atoms with van der Waals surface area (Å²) in [7, 11) is 0. The number of hydrogen-bond acceptors (Lipinski definition) is 4. The van der Waals surface area contributed by atoms with E-state index in [4.69, 9.17) is 9.84 Å². The highest BCUT2D eigenvalue weighted by Crippen LogP contribution is 2.29. The van der Waals surface area contributed by atoms with Crippen LogP contribution < -0.4 is 5.32 Å². The summed E-state index contributed by atoms with van der Waals surface area (Å²) in [4.78, 5) is 12.0. The lowest BCUT2D eigenvalue weighted by Gasteiger charge is -2.33. The van der Waals surface area contributed by atoms with E-state index in [2.05, 4.69) is 5.32 Å². The number of aliphatic hydroxyl groups is 2. The molecule has 0 aromatic rings. The lowest BCUT2D eigenvalue weighted by molar-refractivity contribution is -0.137. The minimum Gasteiger partial charge on any atom is -0.394 e. The highest BCUT2D eigenvalue weighted by atomic mass is 16.5. The summed E-state index contributed by atoms with van der Waals surface area (Å²) in [5.74, 6) is -0.115. The summed E-state index contributed by atoms with van der Waals surface area (Å²) < 4.78 is 5.22. The average Bonchev–Trinajstić information content (AvgIpc) is 2.26. The van der Waals surface area contributed by atoms with Gasteiger partial charge in [0.15, 0.2) is 0 Å². The Morgan fingerprint density at radius 1 is 1.50 bits per heavy atom. The fourth-order valence-corrected chi connectivity index (χ4v) is 1.71. The molecule has 0 radical (unpaired) electrons. The maximum Gasteiger partial charge on any atom is 0.226 e. The van der Waals surface area contributed by atoms with Gasteiger partial charge in [0.25, 0.3) is 0 Å². The number of carbonyl (C=O) groups excluding carboxylic acids is 1. The maximum absolute atomic E-state index is 12.0. The van der Waals surface area contributed by atoms with Gasteiger partial charge in [-0.3, -0.25) is 4.79 Å². The molecular weight excluding hydrogens is 210 g/mol. The van der Waals surface area contributed by atoms with Crippen molar-refractivity contribution < 1.29 is 19.7 Å². The fourth-order valence-electron chi connectivity index (χ4n) is 1.71. The van der Waals surface area contributed by atoms with E-state index < -0.39 is 17.6 Å². The molecule has 0 spiro atoms. The van der Waals surface area contributed by atoms with Crippen molar-refractivity contribution in [3.8, 4) is 0 Å². The second kappa shape index (κ2) is 5.61. The Balaban J connectivity index is 2.55. The molecule has 2 atom stereocenters. The molecule has 0 aromatic heterocycles. The van der Waals surface area contributed by atoms with Crippen LogP contribution in [-0.4, -0.2) is 48.1 Å². The molecule has 94 valence electrons. The Hall–Kier alpha value is -0.650. The zero-order chi connectivity index (χ0) is 12.2. The van der Waals surface area contributed by atoms with Gasteiger partial charge in [0.05, 0.1) is 24.2 Å². The quantitative estimate of drug-likeness (QED) is 0.618. The van der Waals surface area contributed by atoms with E-state index in [0.717, 1.165) is 0 Å². The molecular formula is C11H21NO4. The minimum absolute atomic E-state index is 0.115. The zero-order valence-electron chi connectivity index (χ0n) is 9.90. The van der Waals surface area contributed by atoms with Gasteiger partial charge in [-0.15, -0.1) is 0 Å². The lowest BCUT2D eigenvalue weighted by Crippen LogP contribution is -2.51. The third-order valence-corrected chi connectivity index (χ3v) is 3.24. The number of ether oxygens (including phenoxy) is 1. The van der Waals surface area contributed by atoms with Crippen LogP contribution in [-0.2, 0) is 9.53 Å². The molecule has 5 heteroatoms. The highest BCUT2D eigenvalue weighted by Gasteiger charge is 2.36. The van der Waals surface area contributed by atoms with Gasteiger partial charge in [-0.05, 0) is 19.8 Å². The van der Waals surface area contributed by atoms with Gasteiger partial charge in [-0.25, -0.2) is 0 Å². The van der Waals surface area contributed by atoms with Crippen LogP contribution in [0.25, 0.3) is 0 Å². The highest BCUT2D eigenvalue weighted by molar-refractivity contribution is 5.82. The predicted molar refractivity (Wildman–Crippen MR) is 58.9 cm³/mol. The van der Waals surface area contributed by atoms with E-state index in [1.54, 1.807) is 6.92 Å². The van der Waals surface area contributed by atoms with Gasteiger partial charge in [-0.1, -0.05) is 6.92 Å². The lowest BCUT2D eigenvalue weighted by atomic mass is 9.81. The molecule has 1 aliphatic rings. The molecule has 1 amide bonds. The van der Waals surface area contributed by atoms with E-state index in [0.29, 0.717) is 26.1 Å². The summed E-state index contributed by atoms with van der Waals surface area (Å²) >= 11 is 0. The van der Waals surface area contributed by atoms with E-state index in [1.165, 1.54) is 0 Å². The molecule has 0 saturated carbocycles. The van der Waals surface area contributed by atoms with Crippen LogP contribution in [0, 0.1) is 5.41 Å². The minimum atomic E-state index is -0.752. The molecule has 1 fully saturated rings. The van der Waals surface area contributed by atoms with Crippen LogP contribution in [0.15, 0.2) is 0 Å². The van der Waals surface area contributed by atoms with Crippen molar-refractivity contribution in [1.29, 1.82) is 0 Å². The third-order valence-electron chi connectivity index (χ3n) is 3.24. The van der Waals surface area contributed by atoms with Crippen LogP contribution in [0.3, 0.4) is 0 Å². The second-order valence-corrected chi connectivity index (χ2v) is 4.68. The number of carbonyl (C=O) groups is 1. The first-order chi connectivity index (χ1) is 7.49. The summed E-state index contributed by atoms with van der Waals surface area (Å²) in [5, 5.41) is 21.1. The summed E-state index contributed by atoms with van der Waals surface area (Å²) in [6, 6.07) is -0.591. The molecule has 1 rings (SSSR count). The topological polar surface area (TPSA) is 78.8 Å². The second-order valence-electron chi connectivity index (χ2n) is 4.68. The molecule has 0 aromatic carbocycles. The molecule has 5 nitrogen and oxygen atoms in total. The van der Waals surface area contributed by atoms with Gasteiger partial charge in [0.1, 0.15) is 0 Å². The maximum atomic E-state index is 12.0. The Labute approximate surface area is 95.8 Å². The molecule has 0 bridgehead atoms. The smallest absolute Gasteiger partial charge is 0.226 e. The molecule has 1 aliphatic heterocycles. The number of nitrogens with one attached hydrogen (secondary N) is 1. The van der Waals surface area contributed by atoms with Crippen LogP contribution in [0.4, 0.5) is 0 Å². The van der Waals surface area contributed by atoms with Crippen molar-refractivity contribution in [3.63, 3.8) is 0 Å². The van der Waals surface area contributed by atoms with Gasteiger partial charge >= 0.3 is 0 Å². The van der Waals surface area contributed by atoms with Crippen molar-refractivity contribution in [3.05, 3.63) is 0 Å². The molecule has 0 unspecified atom stereocenters. The molecule has 3 N–H and O–H groups in total. The van der Waals surface area contributed by atoms with Crippen LogP contribution >= 0.6 is 0 Å². The fraction of sp³-hybridized carbons (Fsp3) is 0.909. The van der Waals surface area contributed by atoms with Crippen molar-refractivity contribution in [2.24, 2.45) is 5.41 Å².